The molecule has 2 N–H and O–H groups in total. The second-order valence-corrected chi connectivity index (χ2v) is 4.05. The molecule has 0 unspecified atom stereocenters. The van der Waals surface area contributed by atoms with Crippen LogP contribution in [-0.2, 0) is 10.0 Å². The highest BCUT2D eigenvalue weighted by Crippen LogP contribution is 2.19. The molecular weight excluding hydrogens is 200 g/mol. The van der Waals surface area contributed by atoms with Gasteiger partial charge >= 0.3 is 0 Å². The summed E-state index contributed by atoms with van der Waals surface area (Å²) in [5.74, 6) is -2.31. The summed E-state index contributed by atoms with van der Waals surface area (Å²) in [6, 6.07) is 2.00. The topological polar surface area (TPSA) is 60.2 Å². The Hall–Kier alpha value is -1.01. The third kappa shape index (κ3) is 1.84. The second kappa shape index (κ2) is 3.04. The molecule has 1 aromatic carbocycles. The molecule has 0 saturated carbocycles. The van der Waals surface area contributed by atoms with Crippen LogP contribution in [0.2, 0.25) is 0 Å². The van der Waals surface area contributed by atoms with Crippen molar-refractivity contribution in [2.24, 2.45) is 5.14 Å². The van der Waals surface area contributed by atoms with Crippen LogP contribution < -0.4 is 5.14 Å². The lowest BCUT2D eigenvalue weighted by Gasteiger charge is -2.03. The summed E-state index contributed by atoms with van der Waals surface area (Å²) in [5, 5.41) is 4.62. The van der Waals surface area contributed by atoms with Gasteiger partial charge in [-0.1, -0.05) is 6.07 Å². The number of primary sulfonamides is 1. The summed E-state index contributed by atoms with van der Waals surface area (Å²) in [6.45, 7) is 1.32. The molecule has 3 nitrogen and oxygen atoms in total. The van der Waals surface area contributed by atoms with Gasteiger partial charge in [-0.3, -0.25) is 0 Å². The zero-order chi connectivity index (χ0) is 10.2. The first-order valence-corrected chi connectivity index (χ1v) is 4.86. The van der Waals surface area contributed by atoms with Gasteiger partial charge in [-0.05, 0) is 18.6 Å². The summed E-state index contributed by atoms with van der Waals surface area (Å²) in [5.41, 5.74) is 0.0328. The number of sulfonamides is 1. The fourth-order valence-electron chi connectivity index (χ4n) is 0.892. The van der Waals surface area contributed by atoms with E-state index in [1.54, 1.807) is 0 Å². The van der Waals surface area contributed by atoms with Crippen LogP contribution in [-0.4, -0.2) is 8.42 Å². The second-order valence-electron chi connectivity index (χ2n) is 2.55. The first kappa shape index (κ1) is 10.1. The van der Waals surface area contributed by atoms with Gasteiger partial charge in [-0.25, -0.2) is 22.3 Å². The van der Waals surface area contributed by atoms with Gasteiger partial charge in [0.05, 0.1) is 0 Å². The lowest BCUT2D eigenvalue weighted by Crippen LogP contribution is -2.16. The van der Waals surface area contributed by atoms with E-state index >= 15 is 0 Å². The quantitative estimate of drug-likeness (QED) is 0.744. The molecule has 1 aromatic rings. The van der Waals surface area contributed by atoms with Crippen LogP contribution in [0.5, 0.6) is 0 Å². The number of hydrogen-bond acceptors (Lipinski definition) is 2. The van der Waals surface area contributed by atoms with Crippen molar-refractivity contribution in [1.82, 2.24) is 0 Å². The summed E-state index contributed by atoms with van der Waals surface area (Å²) in [7, 11) is -4.34. The van der Waals surface area contributed by atoms with Crippen molar-refractivity contribution in [2.45, 2.75) is 11.8 Å². The van der Waals surface area contributed by atoms with Crippen molar-refractivity contribution in [3.63, 3.8) is 0 Å². The zero-order valence-electron chi connectivity index (χ0n) is 6.71. The Kier molecular flexibility index (Phi) is 2.36. The maximum atomic E-state index is 13.1. The average molecular weight is 207 g/mol. The van der Waals surface area contributed by atoms with E-state index in [2.05, 4.69) is 5.14 Å². The Morgan fingerprint density at radius 2 is 1.85 bits per heavy atom. The Balaban J connectivity index is 3.62. The minimum Gasteiger partial charge on any atom is -0.224 e. The first-order valence-electron chi connectivity index (χ1n) is 3.31. The van der Waals surface area contributed by atoms with Gasteiger partial charge < -0.3 is 0 Å². The highest BCUT2D eigenvalue weighted by molar-refractivity contribution is 7.89. The molecule has 0 aromatic heterocycles. The molecule has 0 heterocycles. The Morgan fingerprint density at radius 1 is 1.31 bits per heavy atom. The molecule has 0 atom stereocenters. The van der Waals surface area contributed by atoms with Crippen molar-refractivity contribution < 1.29 is 17.2 Å². The first-order chi connectivity index (χ1) is 5.84. The molecule has 6 heteroatoms. The van der Waals surface area contributed by atoms with Crippen molar-refractivity contribution in [1.29, 1.82) is 0 Å². The molecular formula is C7H7F2NO2S. The molecule has 0 fully saturated rings. The summed E-state index contributed by atoms with van der Waals surface area (Å²) in [6.07, 6.45) is 0. The highest BCUT2D eigenvalue weighted by atomic mass is 32.2. The van der Waals surface area contributed by atoms with Crippen molar-refractivity contribution in [3.05, 3.63) is 29.3 Å². The molecule has 13 heavy (non-hydrogen) atoms. The van der Waals surface area contributed by atoms with Crippen LogP contribution in [0.4, 0.5) is 8.78 Å². The van der Waals surface area contributed by atoms with E-state index in [4.69, 9.17) is 0 Å². The number of rotatable bonds is 1. The van der Waals surface area contributed by atoms with E-state index in [9.17, 15) is 17.2 Å². The van der Waals surface area contributed by atoms with Crippen LogP contribution in [0.1, 0.15) is 5.56 Å². The molecule has 0 aliphatic carbocycles. The Morgan fingerprint density at radius 3 is 2.23 bits per heavy atom. The van der Waals surface area contributed by atoms with E-state index in [1.165, 1.54) is 6.92 Å². The maximum absolute atomic E-state index is 13.1. The monoisotopic (exact) mass is 207 g/mol. The van der Waals surface area contributed by atoms with E-state index in [-0.39, 0.29) is 5.56 Å². The minimum atomic E-state index is -4.34. The lowest BCUT2D eigenvalue weighted by atomic mass is 10.2. The predicted octanol–water partition coefficient (Wildman–Crippen LogP) is 0.921. The standard InChI is InChI=1S/C7H7F2NO2S/c1-4-2-3-5(8)7(6(4)9)13(10,11)12/h2-3H,1H3,(H2,10,11,12). The van der Waals surface area contributed by atoms with Gasteiger partial charge in [0.2, 0.25) is 10.0 Å². The predicted molar refractivity (Wildman–Crippen MR) is 42.5 cm³/mol. The SMILES string of the molecule is Cc1ccc(F)c(S(N)(=O)=O)c1F. The van der Waals surface area contributed by atoms with E-state index in [0.717, 1.165) is 12.1 Å². The molecule has 0 radical (unpaired) electrons. The molecule has 1 rings (SSSR count). The molecule has 0 saturated heterocycles. The fourth-order valence-corrected chi connectivity index (χ4v) is 1.64. The van der Waals surface area contributed by atoms with E-state index in [0.29, 0.717) is 0 Å². The molecule has 0 spiro atoms. The minimum absolute atomic E-state index is 0.0328. The Bertz CT molecular complexity index is 442. The van der Waals surface area contributed by atoms with Crippen LogP contribution in [0.3, 0.4) is 0 Å². The van der Waals surface area contributed by atoms with Crippen LogP contribution in [0.25, 0.3) is 0 Å². The zero-order valence-corrected chi connectivity index (χ0v) is 7.53. The van der Waals surface area contributed by atoms with E-state index in [1.807, 2.05) is 0 Å². The van der Waals surface area contributed by atoms with Gasteiger partial charge in [-0.15, -0.1) is 0 Å². The van der Waals surface area contributed by atoms with Crippen LogP contribution >= 0.6 is 0 Å². The average Bonchev–Trinajstić information content (AvgIpc) is 1.95. The van der Waals surface area contributed by atoms with Gasteiger partial charge in [0.25, 0.3) is 0 Å². The van der Waals surface area contributed by atoms with Crippen LogP contribution in [0, 0.1) is 18.6 Å². The number of nitrogens with two attached hydrogens (primary N) is 1. The summed E-state index contributed by atoms with van der Waals surface area (Å²) in [4.78, 5) is -1.08. The number of hydrogen-bond donors (Lipinski definition) is 1. The largest absolute Gasteiger partial charge is 0.243 e. The summed E-state index contributed by atoms with van der Waals surface area (Å²) >= 11 is 0. The Labute approximate surface area is 74.2 Å². The third-order valence-electron chi connectivity index (χ3n) is 1.53. The van der Waals surface area contributed by atoms with Crippen molar-refractivity contribution >= 4 is 10.0 Å². The molecule has 0 bridgehead atoms. The number of benzene rings is 1. The normalized spacial score (nSPS) is 11.7. The maximum Gasteiger partial charge on any atom is 0.243 e. The van der Waals surface area contributed by atoms with Crippen molar-refractivity contribution in [2.75, 3.05) is 0 Å². The highest BCUT2D eigenvalue weighted by Gasteiger charge is 2.21. The number of halogens is 2. The van der Waals surface area contributed by atoms with Crippen LogP contribution in [0.15, 0.2) is 17.0 Å². The molecule has 0 aliphatic heterocycles. The van der Waals surface area contributed by atoms with Crippen molar-refractivity contribution in [3.8, 4) is 0 Å². The van der Waals surface area contributed by atoms with Gasteiger partial charge in [0.1, 0.15) is 11.6 Å². The number of aryl methyl sites for hydroxylation is 1. The fraction of sp³-hybridized carbons (Fsp3) is 0.143. The molecule has 72 valence electrons. The third-order valence-corrected chi connectivity index (χ3v) is 2.47. The summed E-state index contributed by atoms with van der Waals surface area (Å²) < 4.78 is 47.3. The van der Waals surface area contributed by atoms with E-state index < -0.39 is 26.6 Å². The smallest absolute Gasteiger partial charge is 0.224 e. The van der Waals surface area contributed by atoms with Gasteiger partial charge in [0, 0.05) is 0 Å². The molecule has 0 aliphatic rings. The molecule has 0 amide bonds. The lowest BCUT2D eigenvalue weighted by molar-refractivity contribution is 0.515. The van der Waals surface area contributed by atoms with Gasteiger partial charge in [-0.2, -0.15) is 0 Å². The van der Waals surface area contributed by atoms with Gasteiger partial charge in [0.15, 0.2) is 4.90 Å².